The first-order valence-electron chi connectivity index (χ1n) is 9.04. The minimum absolute atomic E-state index is 0.197. The van der Waals surface area contributed by atoms with Gasteiger partial charge >= 0.3 is 6.18 Å². The van der Waals surface area contributed by atoms with E-state index in [2.05, 4.69) is 25.6 Å². The van der Waals surface area contributed by atoms with Crippen molar-refractivity contribution in [2.45, 2.75) is 32.0 Å². The van der Waals surface area contributed by atoms with Crippen LogP contribution in [0.3, 0.4) is 0 Å². The molecule has 0 saturated carbocycles. The maximum absolute atomic E-state index is 13.1. The number of aromatic nitrogens is 2. The fourth-order valence-corrected chi connectivity index (χ4v) is 3.79. The summed E-state index contributed by atoms with van der Waals surface area (Å²) in [5.74, 6) is 0.560. The van der Waals surface area contributed by atoms with Gasteiger partial charge in [-0.05, 0) is 50.1 Å². The SMILES string of the molecule is Cc1cc(NC2CCCNC2)nnc1-c1ccc(C(F)(F)F)cc1NS(C)(=O)=O. The van der Waals surface area contributed by atoms with E-state index >= 15 is 0 Å². The fraction of sp³-hybridized carbons (Fsp3) is 0.444. The van der Waals surface area contributed by atoms with Gasteiger partial charge in [-0.2, -0.15) is 13.2 Å². The number of halogens is 3. The number of anilines is 2. The molecule has 7 nitrogen and oxygen atoms in total. The lowest BCUT2D eigenvalue weighted by Gasteiger charge is -2.24. The van der Waals surface area contributed by atoms with E-state index in [0.717, 1.165) is 44.3 Å². The van der Waals surface area contributed by atoms with Crippen molar-refractivity contribution in [3.05, 3.63) is 35.4 Å². The van der Waals surface area contributed by atoms with Gasteiger partial charge in [0, 0.05) is 18.2 Å². The molecule has 2 aromatic rings. The number of rotatable bonds is 5. The molecule has 1 atom stereocenters. The van der Waals surface area contributed by atoms with Crippen molar-refractivity contribution in [3.8, 4) is 11.3 Å². The lowest BCUT2D eigenvalue weighted by molar-refractivity contribution is -0.137. The number of nitrogens with zero attached hydrogens (tertiary/aromatic N) is 2. The van der Waals surface area contributed by atoms with Crippen LogP contribution < -0.4 is 15.4 Å². The Morgan fingerprint density at radius 1 is 1.21 bits per heavy atom. The topological polar surface area (TPSA) is 96.0 Å². The lowest BCUT2D eigenvalue weighted by Crippen LogP contribution is -2.38. The predicted octanol–water partition coefficient (Wildman–Crippen LogP) is 3.01. The van der Waals surface area contributed by atoms with Crippen molar-refractivity contribution in [2.24, 2.45) is 0 Å². The normalized spacial score (nSPS) is 17.8. The number of piperidine rings is 1. The molecule has 1 unspecified atom stereocenters. The van der Waals surface area contributed by atoms with Crippen LogP contribution in [-0.2, 0) is 16.2 Å². The summed E-state index contributed by atoms with van der Waals surface area (Å²) in [5.41, 5.74) is 0.0251. The summed E-state index contributed by atoms with van der Waals surface area (Å²) >= 11 is 0. The van der Waals surface area contributed by atoms with Gasteiger partial charge in [-0.1, -0.05) is 6.07 Å². The third-order valence-corrected chi connectivity index (χ3v) is 5.12. The van der Waals surface area contributed by atoms with Crippen LogP contribution in [-0.4, -0.2) is 44.0 Å². The van der Waals surface area contributed by atoms with Crippen LogP contribution in [0, 0.1) is 6.92 Å². The summed E-state index contributed by atoms with van der Waals surface area (Å²) in [6.07, 6.45) is -1.68. The van der Waals surface area contributed by atoms with Gasteiger partial charge < -0.3 is 10.6 Å². The molecular formula is C18H22F3N5O2S. The molecular weight excluding hydrogens is 407 g/mol. The second kappa shape index (κ2) is 8.15. The molecule has 2 heterocycles. The van der Waals surface area contributed by atoms with Gasteiger partial charge in [-0.3, -0.25) is 4.72 Å². The molecule has 1 aliphatic rings. The molecule has 29 heavy (non-hydrogen) atoms. The van der Waals surface area contributed by atoms with Gasteiger partial charge in [0.15, 0.2) is 0 Å². The third kappa shape index (κ3) is 5.57. The zero-order chi connectivity index (χ0) is 21.2. The van der Waals surface area contributed by atoms with Crippen molar-refractivity contribution < 1.29 is 21.6 Å². The molecule has 0 aliphatic carbocycles. The number of aryl methyl sites for hydroxylation is 1. The molecule has 1 saturated heterocycles. The number of sulfonamides is 1. The maximum atomic E-state index is 13.1. The quantitative estimate of drug-likeness (QED) is 0.676. The number of benzene rings is 1. The second-order valence-electron chi connectivity index (χ2n) is 7.08. The summed E-state index contributed by atoms with van der Waals surface area (Å²) in [6.45, 7) is 3.53. The first-order chi connectivity index (χ1) is 13.5. The molecule has 0 spiro atoms. The van der Waals surface area contributed by atoms with Gasteiger partial charge in [0.1, 0.15) is 5.82 Å². The standard InChI is InChI=1S/C18H22F3N5O2S/c1-11-8-16(23-13-4-3-7-22-10-13)24-25-17(11)14-6-5-12(18(19,20)21)9-15(14)26-29(2,27)28/h5-6,8-9,13,22,26H,3-4,7,10H2,1-2H3,(H,23,24). The van der Waals surface area contributed by atoms with Gasteiger partial charge in [-0.15, -0.1) is 10.2 Å². The van der Waals surface area contributed by atoms with Crippen molar-refractivity contribution >= 4 is 21.5 Å². The first-order valence-corrected chi connectivity index (χ1v) is 10.9. The van der Waals surface area contributed by atoms with E-state index in [1.807, 2.05) is 0 Å². The number of hydrogen-bond acceptors (Lipinski definition) is 6. The van der Waals surface area contributed by atoms with Gasteiger partial charge in [0.25, 0.3) is 0 Å². The molecule has 0 radical (unpaired) electrons. The zero-order valence-electron chi connectivity index (χ0n) is 16.0. The first kappa shape index (κ1) is 21.3. The third-order valence-electron chi connectivity index (χ3n) is 4.53. The number of nitrogens with one attached hydrogen (secondary N) is 3. The maximum Gasteiger partial charge on any atom is 0.416 e. The average molecular weight is 429 g/mol. The molecule has 1 aromatic carbocycles. The average Bonchev–Trinajstić information content (AvgIpc) is 2.61. The summed E-state index contributed by atoms with van der Waals surface area (Å²) in [7, 11) is -3.79. The fourth-order valence-electron chi connectivity index (χ4n) is 3.22. The van der Waals surface area contributed by atoms with Crippen molar-refractivity contribution in [1.29, 1.82) is 0 Å². The summed E-state index contributed by atoms with van der Waals surface area (Å²) in [4.78, 5) is 0. The Bertz CT molecular complexity index is 989. The van der Waals surface area contributed by atoms with Crippen LogP contribution in [0.4, 0.5) is 24.7 Å². The van der Waals surface area contributed by atoms with E-state index in [0.29, 0.717) is 17.1 Å². The van der Waals surface area contributed by atoms with Crippen LogP contribution in [0.25, 0.3) is 11.3 Å². The summed E-state index contributed by atoms with van der Waals surface area (Å²) in [6, 6.07) is 4.82. The van der Waals surface area contributed by atoms with E-state index in [1.54, 1.807) is 13.0 Å². The lowest BCUT2D eigenvalue weighted by atomic mass is 10.0. The van der Waals surface area contributed by atoms with Crippen LogP contribution in [0.15, 0.2) is 24.3 Å². The van der Waals surface area contributed by atoms with Crippen LogP contribution in [0.5, 0.6) is 0 Å². The van der Waals surface area contributed by atoms with E-state index in [4.69, 9.17) is 0 Å². The highest BCUT2D eigenvalue weighted by Gasteiger charge is 2.31. The number of hydrogen-bond donors (Lipinski definition) is 3. The molecule has 0 bridgehead atoms. The highest BCUT2D eigenvalue weighted by Crippen LogP contribution is 2.36. The van der Waals surface area contributed by atoms with Crippen LogP contribution in [0.2, 0.25) is 0 Å². The minimum Gasteiger partial charge on any atom is -0.365 e. The molecule has 1 fully saturated rings. The molecule has 1 aromatic heterocycles. The smallest absolute Gasteiger partial charge is 0.365 e. The van der Waals surface area contributed by atoms with Crippen LogP contribution in [0.1, 0.15) is 24.0 Å². The molecule has 3 rings (SSSR count). The second-order valence-corrected chi connectivity index (χ2v) is 8.83. The Balaban J connectivity index is 1.96. The monoisotopic (exact) mass is 429 g/mol. The van der Waals surface area contributed by atoms with Gasteiger partial charge in [0.05, 0.1) is 23.2 Å². The Hall–Kier alpha value is -2.40. The molecule has 158 valence electrons. The predicted molar refractivity (Wildman–Crippen MR) is 105 cm³/mol. The van der Waals surface area contributed by atoms with Crippen molar-refractivity contribution in [3.63, 3.8) is 0 Å². The molecule has 3 N–H and O–H groups in total. The summed E-state index contributed by atoms with van der Waals surface area (Å²) in [5, 5.41) is 14.8. The minimum atomic E-state index is -4.60. The Morgan fingerprint density at radius 2 is 1.97 bits per heavy atom. The van der Waals surface area contributed by atoms with E-state index < -0.39 is 21.8 Å². The largest absolute Gasteiger partial charge is 0.416 e. The Kier molecular flexibility index (Phi) is 5.99. The molecule has 1 aliphatic heterocycles. The van der Waals surface area contributed by atoms with Crippen LogP contribution >= 0.6 is 0 Å². The summed E-state index contributed by atoms with van der Waals surface area (Å²) < 4.78 is 64.7. The van der Waals surface area contributed by atoms with Gasteiger partial charge in [-0.25, -0.2) is 8.42 Å². The van der Waals surface area contributed by atoms with Crippen molar-refractivity contribution in [1.82, 2.24) is 15.5 Å². The Morgan fingerprint density at radius 3 is 2.55 bits per heavy atom. The molecule has 11 heteroatoms. The highest BCUT2D eigenvalue weighted by atomic mass is 32.2. The van der Waals surface area contributed by atoms with Crippen molar-refractivity contribution in [2.75, 3.05) is 29.4 Å². The van der Waals surface area contributed by atoms with Gasteiger partial charge in [0.2, 0.25) is 10.0 Å². The number of alkyl halides is 3. The Labute approximate surface area is 167 Å². The van der Waals surface area contributed by atoms with E-state index in [1.165, 1.54) is 6.07 Å². The zero-order valence-corrected chi connectivity index (χ0v) is 16.8. The van der Waals surface area contributed by atoms with E-state index in [9.17, 15) is 21.6 Å². The highest BCUT2D eigenvalue weighted by molar-refractivity contribution is 7.92. The van der Waals surface area contributed by atoms with E-state index in [-0.39, 0.29) is 17.3 Å². The molecule has 0 amide bonds.